The van der Waals surface area contributed by atoms with Crippen molar-refractivity contribution in [2.75, 3.05) is 7.11 Å². The Morgan fingerprint density at radius 3 is 2.16 bits per heavy atom. The molecule has 0 unspecified atom stereocenters. The Labute approximate surface area is 186 Å². The van der Waals surface area contributed by atoms with Gasteiger partial charge in [-0.2, -0.15) is 0 Å². The molecule has 0 aromatic heterocycles. The largest absolute Gasteiger partial charge is 0.467 e. The first-order valence-corrected chi connectivity index (χ1v) is 14.2. The van der Waals surface area contributed by atoms with Crippen molar-refractivity contribution in [1.29, 1.82) is 0 Å². The molecule has 9 heteroatoms. The van der Waals surface area contributed by atoms with Gasteiger partial charge in [0.15, 0.2) is 20.2 Å². The highest BCUT2D eigenvalue weighted by Gasteiger charge is 2.67. The quantitative estimate of drug-likeness (QED) is 0.507. The van der Waals surface area contributed by atoms with Gasteiger partial charge in [0.05, 0.1) is 13.2 Å². The molecule has 1 spiro atoms. The Kier molecular flexibility index (Phi) is 6.68. The lowest BCUT2D eigenvalue weighted by atomic mass is 9.77. The number of rotatable bonds is 4. The van der Waals surface area contributed by atoms with Crippen molar-refractivity contribution in [3.8, 4) is 0 Å². The predicted octanol–water partition coefficient (Wildman–Crippen LogP) is 3.06. The van der Waals surface area contributed by atoms with Crippen molar-refractivity contribution in [2.24, 2.45) is 0 Å². The molecule has 0 aromatic carbocycles. The molecule has 8 nitrogen and oxygen atoms in total. The minimum absolute atomic E-state index is 0.0827. The third kappa shape index (κ3) is 4.57. The van der Waals surface area contributed by atoms with E-state index in [2.05, 4.69) is 33.9 Å². The zero-order chi connectivity index (χ0) is 23.2. The summed E-state index contributed by atoms with van der Waals surface area (Å²) in [5.74, 6) is -2.28. The Balaban J connectivity index is 2.02. The van der Waals surface area contributed by atoms with Gasteiger partial charge in [-0.05, 0) is 31.0 Å². The minimum atomic E-state index is -2.28. The monoisotopic (exact) mass is 458 g/mol. The van der Waals surface area contributed by atoms with Crippen molar-refractivity contribution in [2.45, 2.75) is 120 Å². The van der Waals surface area contributed by atoms with E-state index in [0.717, 1.165) is 32.1 Å². The van der Waals surface area contributed by atoms with Crippen molar-refractivity contribution in [3.63, 3.8) is 0 Å². The molecule has 0 bridgehead atoms. The molecule has 5 atom stereocenters. The second kappa shape index (κ2) is 8.41. The van der Waals surface area contributed by atoms with E-state index in [1.807, 2.05) is 0 Å². The van der Waals surface area contributed by atoms with Crippen LogP contribution in [0.3, 0.4) is 0 Å². The molecule has 178 valence electrons. The zero-order valence-corrected chi connectivity index (χ0v) is 20.9. The molecule has 0 amide bonds. The minimum Gasteiger partial charge on any atom is -0.467 e. The number of carbonyl (C=O) groups is 2. The van der Waals surface area contributed by atoms with Gasteiger partial charge in [0.2, 0.25) is 5.60 Å². The fourth-order valence-corrected chi connectivity index (χ4v) is 6.03. The lowest BCUT2D eigenvalue weighted by molar-refractivity contribution is -0.225. The SMILES string of the molecule is COC(=O)[C@@]1(O)C[C@@H](O[Si](C)(C)C(C)(C)C)[C@H]2OC3(CCCCC3)O[C@H]2[C@@H]1OC(C)=O. The van der Waals surface area contributed by atoms with Crippen LogP contribution in [0.5, 0.6) is 0 Å². The van der Waals surface area contributed by atoms with Crippen LogP contribution in [-0.4, -0.2) is 68.3 Å². The second-order valence-electron chi connectivity index (χ2n) is 10.7. The summed E-state index contributed by atoms with van der Waals surface area (Å²) in [5, 5.41) is 11.4. The van der Waals surface area contributed by atoms with E-state index in [9.17, 15) is 14.7 Å². The van der Waals surface area contributed by atoms with E-state index in [-0.39, 0.29) is 11.5 Å². The highest BCUT2D eigenvalue weighted by atomic mass is 28.4. The maximum atomic E-state index is 12.7. The molecule has 2 aliphatic carbocycles. The summed E-state index contributed by atoms with van der Waals surface area (Å²) in [7, 11) is -1.08. The number of fused-ring (bicyclic) bond motifs is 1. The topological polar surface area (TPSA) is 101 Å². The molecule has 1 saturated heterocycles. The van der Waals surface area contributed by atoms with Crippen LogP contribution in [0.4, 0.5) is 0 Å². The number of ether oxygens (including phenoxy) is 4. The molecule has 3 aliphatic rings. The number of carbonyl (C=O) groups excluding carboxylic acids is 2. The molecular weight excluding hydrogens is 420 g/mol. The summed E-state index contributed by atoms with van der Waals surface area (Å²) < 4.78 is 30.0. The van der Waals surface area contributed by atoms with Gasteiger partial charge in [-0.15, -0.1) is 0 Å². The Hall–Kier alpha value is -1.00. The number of aliphatic hydroxyl groups is 1. The molecule has 0 radical (unpaired) electrons. The van der Waals surface area contributed by atoms with Crippen LogP contribution < -0.4 is 0 Å². The molecule has 0 aromatic rings. The van der Waals surface area contributed by atoms with Gasteiger partial charge in [-0.3, -0.25) is 4.79 Å². The summed E-state index contributed by atoms with van der Waals surface area (Å²) in [6.45, 7) is 11.9. The van der Waals surface area contributed by atoms with Gasteiger partial charge in [-0.25, -0.2) is 4.79 Å². The first kappa shape index (κ1) is 24.6. The molecule has 1 N–H and O–H groups in total. The van der Waals surface area contributed by atoms with E-state index < -0.39 is 56.1 Å². The van der Waals surface area contributed by atoms with E-state index in [0.29, 0.717) is 0 Å². The van der Waals surface area contributed by atoms with E-state index in [1.165, 1.54) is 14.0 Å². The molecular formula is C22H38O8Si. The van der Waals surface area contributed by atoms with Gasteiger partial charge in [-0.1, -0.05) is 27.2 Å². The number of esters is 2. The highest BCUT2D eigenvalue weighted by molar-refractivity contribution is 6.74. The van der Waals surface area contributed by atoms with Gasteiger partial charge < -0.3 is 28.5 Å². The second-order valence-corrected chi connectivity index (χ2v) is 15.5. The average Bonchev–Trinajstić information content (AvgIpc) is 3.02. The third-order valence-corrected chi connectivity index (χ3v) is 11.9. The lowest BCUT2D eigenvalue weighted by Crippen LogP contribution is -2.68. The van der Waals surface area contributed by atoms with Gasteiger partial charge >= 0.3 is 11.9 Å². The standard InChI is InChI=1S/C22H38O8Si/c1-14(23)27-18-17-16(28-21(29-17)11-9-8-10-12-21)15(13-22(18,25)19(24)26-5)30-31(6,7)20(2,3)4/h15-18,25H,8-13H2,1-7H3/t15-,16-,17-,18+,22-/m1/s1. The molecule has 1 heterocycles. The van der Waals surface area contributed by atoms with Crippen LogP contribution in [0.1, 0.15) is 66.2 Å². The number of hydrogen-bond acceptors (Lipinski definition) is 8. The lowest BCUT2D eigenvalue weighted by Gasteiger charge is -2.48. The van der Waals surface area contributed by atoms with E-state index in [1.54, 1.807) is 0 Å². The highest BCUT2D eigenvalue weighted by Crippen LogP contribution is 2.50. The molecule has 3 fully saturated rings. The Bertz CT molecular complexity index is 696. The molecule has 3 rings (SSSR count). The van der Waals surface area contributed by atoms with Gasteiger partial charge in [0.1, 0.15) is 12.2 Å². The van der Waals surface area contributed by atoms with Gasteiger partial charge in [0, 0.05) is 26.2 Å². The summed E-state index contributed by atoms with van der Waals surface area (Å²) in [6, 6.07) is 0. The Morgan fingerprint density at radius 1 is 1.06 bits per heavy atom. The Morgan fingerprint density at radius 2 is 1.65 bits per heavy atom. The van der Waals surface area contributed by atoms with Crippen LogP contribution in [0.15, 0.2) is 0 Å². The van der Waals surface area contributed by atoms with Crippen LogP contribution >= 0.6 is 0 Å². The summed E-state index contributed by atoms with van der Waals surface area (Å²) in [5.41, 5.74) is -2.09. The van der Waals surface area contributed by atoms with Gasteiger partial charge in [0.25, 0.3) is 0 Å². The average molecular weight is 459 g/mol. The maximum absolute atomic E-state index is 12.7. The number of methoxy groups -OCH3 is 1. The normalized spacial score (nSPS) is 35.5. The number of hydrogen-bond donors (Lipinski definition) is 1. The van der Waals surface area contributed by atoms with Crippen LogP contribution in [0, 0.1) is 0 Å². The van der Waals surface area contributed by atoms with Crippen LogP contribution in [-0.2, 0) is 33.0 Å². The summed E-state index contributed by atoms with van der Waals surface area (Å²) in [4.78, 5) is 24.6. The molecule has 1 aliphatic heterocycles. The fraction of sp³-hybridized carbons (Fsp3) is 0.909. The summed E-state index contributed by atoms with van der Waals surface area (Å²) >= 11 is 0. The van der Waals surface area contributed by atoms with E-state index >= 15 is 0 Å². The van der Waals surface area contributed by atoms with Crippen molar-refractivity contribution in [3.05, 3.63) is 0 Å². The smallest absolute Gasteiger partial charge is 0.342 e. The van der Waals surface area contributed by atoms with Crippen LogP contribution in [0.25, 0.3) is 0 Å². The maximum Gasteiger partial charge on any atom is 0.342 e. The first-order valence-electron chi connectivity index (χ1n) is 11.3. The molecule has 31 heavy (non-hydrogen) atoms. The van der Waals surface area contributed by atoms with Crippen molar-refractivity contribution < 1.29 is 38.1 Å². The third-order valence-electron chi connectivity index (χ3n) is 7.37. The summed E-state index contributed by atoms with van der Waals surface area (Å²) in [6.07, 6.45) is 1.17. The zero-order valence-electron chi connectivity index (χ0n) is 19.9. The van der Waals surface area contributed by atoms with Crippen molar-refractivity contribution >= 4 is 20.3 Å². The molecule has 2 saturated carbocycles. The van der Waals surface area contributed by atoms with Crippen LogP contribution in [0.2, 0.25) is 18.1 Å². The fourth-order valence-electron chi connectivity index (χ4n) is 4.70. The predicted molar refractivity (Wildman–Crippen MR) is 115 cm³/mol. The van der Waals surface area contributed by atoms with Crippen molar-refractivity contribution in [1.82, 2.24) is 0 Å². The van der Waals surface area contributed by atoms with E-state index in [4.69, 9.17) is 23.4 Å². The first-order chi connectivity index (χ1) is 14.2.